The van der Waals surface area contributed by atoms with Crippen LogP contribution in [0.4, 0.5) is 0 Å². The summed E-state index contributed by atoms with van der Waals surface area (Å²) in [5, 5.41) is 10.7. The average Bonchev–Trinajstić information content (AvgIpc) is 2.55. The summed E-state index contributed by atoms with van der Waals surface area (Å²) in [5.41, 5.74) is 7.85. The van der Waals surface area contributed by atoms with Gasteiger partial charge < -0.3 is 16.2 Å². The maximum atomic E-state index is 12.0. The average molecular weight is 335 g/mol. The van der Waals surface area contributed by atoms with Crippen molar-refractivity contribution in [2.24, 2.45) is 5.73 Å². The second-order valence-corrected chi connectivity index (χ2v) is 4.71. The van der Waals surface area contributed by atoms with Crippen LogP contribution in [0.5, 0.6) is 0 Å². The lowest BCUT2D eigenvalue weighted by atomic mass is 10.1. The van der Waals surface area contributed by atoms with E-state index in [1.807, 2.05) is 6.07 Å². The Hall–Kier alpha value is -3.00. The number of hydrogen-bond donors (Lipinski definition) is 4. The summed E-state index contributed by atoms with van der Waals surface area (Å²) in [4.78, 5) is 49.7. The predicted octanol–water partition coefficient (Wildman–Crippen LogP) is -1.09. The third-order valence-electron chi connectivity index (χ3n) is 2.80. The molecule has 0 saturated heterocycles. The highest BCUT2D eigenvalue weighted by Gasteiger charge is 2.26. The number of rotatable bonds is 10. The van der Waals surface area contributed by atoms with E-state index in [-0.39, 0.29) is 12.2 Å². The monoisotopic (exact) mass is 335 g/mol. The summed E-state index contributed by atoms with van der Waals surface area (Å²) in [6, 6.07) is 7.57. The van der Waals surface area contributed by atoms with E-state index in [0.29, 0.717) is 0 Å². The van der Waals surface area contributed by atoms with Crippen LogP contribution in [-0.4, -0.2) is 41.4 Å². The van der Waals surface area contributed by atoms with Gasteiger partial charge in [-0.3, -0.25) is 19.2 Å². The molecule has 5 N–H and O–H groups in total. The fraction of sp³-hybridized carbons (Fsp3) is 0.267. The fourth-order valence-corrected chi connectivity index (χ4v) is 1.72. The van der Waals surface area contributed by atoms with Crippen LogP contribution in [0.15, 0.2) is 35.9 Å². The molecule has 9 nitrogen and oxygen atoms in total. The molecule has 0 saturated carbocycles. The zero-order chi connectivity index (χ0) is 17.9. The predicted molar refractivity (Wildman–Crippen MR) is 81.8 cm³/mol. The summed E-state index contributed by atoms with van der Waals surface area (Å²) in [5.74, 6) is -1.49. The van der Waals surface area contributed by atoms with Crippen LogP contribution in [0, 0.1) is 0 Å². The topological polar surface area (TPSA) is 148 Å². The zero-order valence-electron chi connectivity index (χ0n) is 12.7. The molecule has 1 rings (SSSR count). The van der Waals surface area contributed by atoms with Crippen LogP contribution in [0.3, 0.4) is 0 Å². The van der Waals surface area contributed by atoms with Gasteiger partial charge in [-0.1, -0.05) is 30.3 Å². The molecule has 0 radical (unpaired) electrons. The van der Waals surface area contributed by atoms with Crippen LogP contribution in [0.25, 0.3) is 0 Å². The number of hydrogen-bond acceptors (Lipinski definition) is 6. The van der Waals surface area contributed by atoms with Gasteiger partial charge in [0.15, 0.2) is 0 Å². The number of hydroxylamine groups is 1. The third-order valence-corrected chi connectivity index (χ3v) is 2.80. The molecule has 24 heavy (non-hydrogen) atoms. The van der Waals surface area contributed by atoms with Crippen LogP contribution in [-0.2, 0) is 30.6 Å². The number of carboxylic acid groups (broad SMARTS) is 1. The van der Waals surface area contributed by atoms with Crippen molar-refractivity contribution in [3.63, 3.8) is 0 Å². The minimum absolute atomic E-state index is 0.0757. The minimum atomic E-state index is -1.39. The van der Waals surface area contributed by atoms with Gasteiger partial charge in [0.1, 0.15) is 18.5 Å². The van der Waals surface area contributed by atoms with Crippen molar-refractivity contribution < 1.29 is 29.1 Å². The lowest BCUT2D eigenvalue weighted by molar-refractivity contribution is -0.138. The molecule has 1 aromatic carbocycles. The largest absolute Gasteiger partial charge is 0.480 e. The van der Waals surface area contributed by atoms with E-state index in [1.54, 1.807) is 24.3 Å². The Morgan fingerprint density at radius 1 is 1.25 bits per heavy atom. The van der Waals surface area contributed by atoms with Crippen molar-refractivity contribution in [2.75, 3.05) is 6.54 Å². The lowest BCUT2D eigenvalue weighted by Crippen LogP contribution is -2.47. The number of carbonyl (C=O) groups excluding carboxylic acids is 3. The first kappa shape index (κ1) is 19.0. The molecule has 0 aromatic heterocycles. The zero-order valence-corrected chi connectivity index (χ0v) is 12.7. The van der Waals surface area contributed by atoms with Gasteiger partial charge in [0.05, 0.1) is 18.6 Å². The number of primary amides is 1. The van der Waals surface area contributed by atoms with Crippen molar-refractivity contribution in [1.29, 1.82) is 0 Å². The highest BCUT2D eigenvalue weighted by Crippen LogP contribution is 2.06. The van der Waals surface area contributed by atoms with E-state index in [0.717, 1.165) is 5.56 Å². The summed E-state index contributed by atoms with van der Waals surface area (Å²) in [6.07, 6.45) is -0.518. The molecule has 0 spiro atoms. The van der Waals surface area contributed by atoms with E-state index in [4.69, 9.17) is 15.7 Å². The van der Waals surface area contributed by atoms with Crippen molar-refractivity contribution in [3.8, 4) is 0 Å². The Bertz CT molecular complexity index is 640. The van der Waals surface area contributed by atoms with Gasteiger partial charge in [-0.05, 0) is 5.56 Å². The van der Waals surface area contributed by atoms with Gasteiger partial charge in [-0.2, -0.15) is 5.48 Å². The van der Waals surface area contributed by atoms with Gasteiger partial charge in [0.2, 0.25) is 11.8 Å². The van der Waals surface area contributed by atoms with Gasteiger partial charge in [0, 0.05) is 0 Å². The molecule has 0 fully saturated rings. The van der Waals surface area contributed by atoms with Crippen LogP contribution < -0.4 is 16.5 Å². The van der Waals surface area contributed by atoms with E-state index < -0.39 is 36.8 Å². The van der Waals surface area contributed by atoms with E-state index >= 15 is 0 Å². The Morgan fingerprint density at radius 2 is 1.92 bits per heavy atom. The first-order chi connectivity index (χ1) is 11.4. The maximum absolute atomic E-state index is 12.0. The molecule has 0 heterocycles. The molecular formula is C15H17N3O6. The molecule has 1 atom stereocenters. The molecule has 2 amide bonds. The lowest BCUT2D eigenvalue weighted by Gasteiger charge is -2.18. The quantitative estimate of drug-likeness (QED) is 0.314. The standard InChI is InChI=1S/C15H17N3O6/c16-12(20)6-11(8-19)14(15(23)17-7-13(21)22)18-24-9-10-4-2-1-3-5-10/h1-5,14,18H,6-7,9H2,(H2,16,20)(H,17,23)(H,21,22)/t14-/m0/s1. The summed E-state index contributed by atoms with van der Waals surface area (Å²) in [6.45, 7) is -0.579. The van der Waals surface area contributed by atoms with Crippen molar-refractivity contribution in [3.05, 3.63) is 41.5 Å². The second kappa shape index (κ2) is 9.90. The van der Waals surface area contributed by atoms with Crippen LogP contribution in [0.1, 0.15) is 12.0 Å². The Kier molecular flexibility index (Phi) is 7.86. The highest BCUT2D eigenvalue weighted by molar-refractivity contribution is 5.92. The molecule has 1 aromatic rings. The molecule has 0 unspecified atom stereocenters. The first-order valence-corrected chi connectivity index (χ1v) is 6.87. The highest BCUT2D eigenvalue weighted by atomic mass is 16.6. The van der Waals surface area contributed by atoms with E-state index in [1.165, 1.54) is 5.94 Å². The smallest absolute Gasteiger partial charge is 0.322 e. The number of nitrogens with two attached hydrogens (primary N) is 1. The van der Waals surface area contributed by atoms with E-state index in [2.05, 4.69) is 10.8 Å². The van der Waals surface area contributed by atoms with Gasteiger partial charge >= 0.3 is 5.97 Å². The maximum Gasteiger partial charge on any atom is 0.322 e. The molecule has 0 aliphatic carbocycles. The Morgan fingerprint density at radius 3 is 2.46 bits per heavy atom. The first-order valence-electron chi connectivity index (χ1n) is 6.87. The van der Waals surface area contributed by atoms with Gasteiger partial charge in [-0.25, -0.2) is 4.79 Å². The summed E-state index contributed by atoms with van der Waals surface area (Å²) in [7, 11) is 0. The number of amides is 2. The minimum Gasteiger partial charge on any atom is -0.480 e. The normalized spacial score (nSPS) is 11.2. The van der Waals surface area contributed by atoms with E-state index in [9.17, 15) is 19.2 Å². The molecule has 0 aliphatic rings. The number of aliphatic carboxylic acids is 1. The van der Waals surface area contributed by atoms with Crippen LogP contribution in [0.2, 0.25) is 0 Å². The van der Waals surface area contributed by atoms with Crippen molar-refractivity contribution >= 4 is 23.7 Å². The Balaban J connectivity index is 2.75. The van der Waals surface area contributed by atoms with Gasteiger partial charge in [0.25, 0.3) is 0 Å². The number of carboxylic acids is 1. The Labute approximate surface area is 137 Å². The SMILES string of the molecule is NC(=O)CC(=C=O)[C@H](NOCc1ccccc1)C(=O)NCC(=O)O. The van der Waals surface area contributed by atoms with Gasteiger partial charge in [-0.15, -0.1) is 0 Å². The molecule has 128 valence electrons. The van der Waals surface area contributed by atoms with Crippen molar-refractivity contribution in [2.45, 2.75) is 19.1 Å². The fourth-order valence-electron chi connectivity index (χ4n) is 1.72. The molecule has 9 heteroatoms. The third kappa shape index (κ3) is 6.84. The molecule has 0 aliphatic heterocycles. The molecular weight excluding hydrogens is 318 g/mol. The number of benzene rings is 1. The second-order valence-electron chi connectivity index (χ2n) is 4.71. The molecule has 0 bridgehead atoms. The summed E-state index contributed by atoms with van der Waals surface area (Å²) >= 11 is 0. The van der Waals surface area contributed by atoms with Crippen LogP contribution >= 0.6 is 0 Å². The number of nitrogens with one attached hydrogen (secondary N) is 2. The van der Waals surface area contributed by atoms with Crippen molar-refractivity contribution in [1.82, 2.24) is 10.8 Å². The number of carbonyl (C=O) groups is 3. The summed E-state index contributed by atoms with van der Waals surface area (Å²) < 4.78 is 0.